The Labute approximate surface area is 156 Å². The summed E-state index contributed by atoms with van der Waals surface area (Å²) in [4.78, 5) is 25.6. The van der Waals surface area contributed by atoms with E-state index in [2.05, 4.69) is 6.58 Å². The number of carbonyl (C=O) groups is 2. The summed E-state index contributed by atoms with van der Waals surface area (Å²) in [6, 6.07) is 3.41. The number of methoxy groups -OCH3 is 1. The van der Waals surface area contributed by atoms with Crippen molar-refractivity contribution in [1.29, 1.82) is 0 Å². The highest BCUT2D eigenvalue weighted by molar-refractivity contribution is 8.18. The zero-order valence-electron chi connectivity index (χ0n) is 14.4. The first kappa shape index (κ1) is 19.4. The van der Waals surface area contributed by atoms with Crippen LogP contribution < -0.4 is 9.47 Å². The second-order valence-corrected chi connectivity index (χ2v) is 6.85. The Hall–Kier alpha value is -1.92. The minimum Gasteiger partial charge on any atom is -0.493 e. The van der Waals surface area contributed by atoms with Crippen LogP contribution in [0.15, 0.2) is 29.7 Å². The Morgan fingerprint density at radius 2 is 2.12 bits per heavy atom. The molecular weight excluding hydrogens is 362 g/mol. The van der Waals surface area contributed by atoms with Crippen LogP contribution in [-0.4, -0.2) is 35.8 Å². The van der Waals surface area contributed by atoms with Crippen LogP contribution in [0.1, 0.15) is 25.8 Å². The highest BCUT2D eigenvalue weighted by Crippen LogP contribution is 2.39. The van der Waals surface area contributed by atoms with Gasteiger partial charge < -0.3 is 9.47 Å². The van der Waals surface area contributed by atoms with Gasteiger partial charge >= 0.3 is 0 Å². The topological polar surface area (TPSA) is 55.8 Å². The SMILES string of the molecule is C=CCN1C(=O)S/C(=C/c2cc(Cl)c(O[C@H](C)CC)c(OC)c2)C1=O. The van der Waals surface area contributed by atoms with E-state index in [9.17, 15) is 9.59 Å². The molecule has 0 bridgehead atoms. The maximum absolute atomic E-state index is 12.3. The molecule has 0 saturated carbocycles. The number of carbonyl (C=O) groups excluding carboxylic acids is 2. The summed E-state index contributed by atoms with van der Waals surface area (Å²) in [7, 11) is 1.52. The van der Waals surface area contributed by atoms with Crippen molar-refractivity contribution in [2.24, 2.45) is 0 Å². The van der Waals surface area contributed by atoms with Crippen molar-refractivity contribution in [3.8, 4) is 11.5 Å². The van der Waals surface area contributed by atoms with Gasteiger partial charge in [0.25, 0.3) is 11.1 Å². The predicted octanol–water partition coefficient (Wildman–Crippen LogP) is 4.75. The van der Waals surface area contributed by atoms with Crippen molar-refractivity contribution in [2.45, 2.75) is 26.4 Å². The summed E-state index contributed by atoms with van der Waals surface area (Å²) in [6.45, 7) is 7.70. The lowest BCUT2D eigenvalue weighted by Crippen LogP contribution is -2.27. The number of amides is 2. The number of halogens is 1. The van der Waals surface area contributed by atoms with E-state index in [0.717, 1.165) is 23.1 Å². The van der Waals surface area contributed by atoms with Gasteiger partial charge in [0.2, 0.25) is 0 Å². The molecule has 1 heterocycles. The summed E-state index contributed by atoms with van der Waals surface area (Å²) in [5, 5.41) is 0.0714. The smallest absolute Gasteiger partial charge is 0.293 e. The Balaban J connectivity index is 2.35. The molecule has 2 amide bonds. The van der Waals surface area contributed by atoms with Crippen LogP contribution in [0.5, 0.6) is 11.5 Å². The third kappa shape index (κ3) is 4.38. The average Bonchev–Trinajstić information content (AvgIpc) is 2.84. The molecule has 25 heavy (non-hydrogen) atoms. The molecule has 0 radical (unpaired) electrons. The van der Waals surface area contributed by atoms with Gasteiger partial charge in [0.05, 0.1) is 23.1 Å². The molecule has 5 nitrogen and oxygen atoms in total. The molecule has 1 fully saturated rings. The van der Waals surface area contributed by atoms with Gasteiger partial charge in [-0.05, 0) is 48.9 Å². The maximum atomic E-state index is 12.3. The number of hydrogen-bond acceptors (Lipinski definition) is 5. The van der Waals surface area contributed by atoms with Crippen LogP contribution in [0.4, 0.5) is 4.79 Å². The molecule has 1 aromatic rings. The number of ether oxygens (including phenoxy) is 2. The predicted molar refractivity (Wildman–Crippen MR) is 101 cm³/mol. The van der Waals surface area contributed by atoms with E-state index in [1.807, 2.05) is 13.8 Å². The zero-order chi connectivity index (χ0) is 18.6. The summed E-state index contributed by atoms with van der Waals surface area (Å²) in [6.07, 6.45) is 3.96. The summed E-state index contributed by atoms with van der Waals surface area (Å²) >= 11 is 7.22. The van der Waals surface area contributed by atoms with Crippen molar-refractivity contribution in [1.82, 2.24) is 4.90 Å². The van der Waals surface area contributed by atoms with Gasteiger partial charge in [-0.1, -0.05) is 24.6 Å². The number of imide groups is 1. The highest BCUT2D eigenvalue weighted by Gasteiger charge is 2.34. The van der Waals surface area contributed by atoms with Crippen LogP contribution in [0.25, 0.3) is 6.08 Å². The van der Waals surface area contributed by atoms with Crippen LogP contribution in [0, 0.1) is 0 Å². The molecular formula is C18H20ClNO4S. The van der Waals surface area contributed by atoms with Crippen LogP contribution >= 0.6 is 23.4 Å². The summed E-state index contributed by atoms with van der Waals surface area (Å²) in [5.41, 5.74) is 0.655. The van der Waals surface area contributed by atoms with Gasteiger partial charge in [0.1, 0.15) is 0 Å². The summed E-state index contributed by atoms with van der Waals surface area (Å²) < 4.78 is 11.2. The van der Waals surface area contributed by atoms with E-state index >= 15 is 0 Å². The van der Waals surface area contributed by atoms with Crippen LogP contribution in [0.2, 0.25) is 5.02 Å². The second-order valence-electron chi connectivity index (χ2n) is 5.45. The monoisotopic (exact) mass is 381 g/mol. The van der Waals surface area contributed by atoms with Gasteiger partial charge in [-0.15, -0.1) is 6.58 Å². The van der Waals surface area contributed by atoms with Gasteiger partial charge in [0.15, 0.2) is 11.5 Å². The maximum Gasteiger partial charge on any atom is 0.293 e. The molecule has 7 heteroatoms. The van der Waals surface area contributed by atoms with Crippen molar-refractivity contribution < 1.29 is 19.1 Å². The first-order valence-electron chi connectivity index (χ1n) is 7.81. The van der Waals surface area contributed by atoms with Gasteiger partial charge in [-0.25, -0.2) is 0 Å². The van der Waals surface area contributed by atoms with Crippen molar-refractivity contribution in [3.05, 3.63) is 40.3 Å². The van der Waals surface area contributed by atoms with Crippen LogP contribution in [0.3, 0.4) is 0 Å². The molecule has 0 N–H and O–H groups in total. The fourth-order valence-corrected chi connectivity index (χ4v) is 3.27. The van der Waals surface area contributed by atoms with E-state index in [0.29, 0.717) is 27.0 Å². The third-order valence-electron chi connectivity index (χ3n) is 3.63. The third-order valence-corrected chi connectivity index (χ3v) is 4.82. The molecule has 1 aromatic carbocycles. The normalized spacial score (nSPS) is 17.1. The number of benzene rings is 1. The molecule has 134 valence electrons. The van der Waals surface area contributed by atoms with Crippen molar-refractivity contribution >= 4 is 40.6 Å². The fraction of sp³-hybridized carbons (Fsp3) is 0.333. The molecule has 1 saturated heterocycles. The number of rotatable bonds is 7. The lowest BCUT2D eigenvalue weighted by molar-refractivity contribution is -0.122. The minimum absolute atomic E-state index is 0.00680. The Bertz CT molecular complexity index is 732. The largest absolute Gasteiger partial charge is 0.493 e. The van der Waals surface area contributed by atoms with Gasteiger partial charge in [0, 0.05) is 6.54 Å². The molecule has 0 aromatic heterocycles. The van der Waals surface area contributed by atoms with E-state index in [1.54, 1.807) is 18.2 Å². The molecule has 0 aliphatic carbocycles. The molecule has 1 aliphatic rings. The Morgan fingerprint density at radius 1 is 1.40 bits per heavy atom. The molecule has 2 rings (SSSR count). The van der Waals surface area contributed by atoms with Crippen molar-refractivity contribution in [3.63, 3.8) is 0 Å². The lowest BCUT2D eigenvalue weighted by Gasteiger charge is -2.17. The molecule has 0 unspecified atom stereocenters. The van der Waals surface area contributed by atoms with E-state index in [1.165, 1.54) is 13.2 Å². The van der Waals surface area contributed by atoms with Gasteiger partial charge in [-0.2, -0.15) is 0 Å². The summed E-state index contributed by atoms with van der Waals surface area (Å²) in [5.74, 6) is 0.602. The fourth-order valence-electron chi connectivity index (χ4n) is 2.16. The molecule has 0 spiro atoms. The standard InChI is InChI=1S/C18H20ClNO4S/c1-5-7-20-17(21)15(25-18(20)22)10-12-8-13(19)16(14(9-12)23-4)24-11(3)6-2/h5,8-11H,1,6-7H2,2-4H3/b15-10+/t11-/m1/s1. The first-order chi connectivity index (χ1) is 11.9. The van der Waals surface area contributed by atoms with E-state index in [4.69, 9.17) is 21.1 Å². The number of nitrogens with zero attached hydrogens (tertiary/aromatic N) is 1. The quantitative estimate of drug-likeness (QED) is 0.504. The van der Waals surface area contributed by atoms with Gasteiger partial charge in [-0.3, -0.25) is 14.5 Å². The first-order valence-corrected chi connectivity index (χ1v) is 9.01. The number of thioether (sulfide) groups is 1. The van der Waals surface area contributed by atoms with E-state index in [-0.39, 0.29) is 23.8 Å². The Kier molecular flexibility index (Phi) is 6.56. The van der Waals surface area contributed by atoms with E-state index < -0.39 is 0 Å². The molecule has 1 atom stereocenters. The average molecular weight is 382 g/mol. The molecule has 1 aliphatic heterocycles. The van der Waals surface area contributed by atoms with Crippen molar-refractivity contribution in [2.75, 3.05) is 13.7 Å². The zero-order valence-corrected chi connectivity index (χ0v) is 15.9. The highest BCUT2D eigenvalue weighted by atomic mass is 35.5. The Morgan fingerprint density at radius 3 is 2.72 bits per heavy atom. The van der Waals surface area contributed by atoms with Crippen LogP contribution in [-0.2, 0) is 4.79 Å². The second kappa shape index (κ2) is 8.45. The lowest BCUT2D eigenvalue weighted by atomic mass is 10.1. The minimum atomic E-state index is -0.343. The number of hydrogen-bond donors (Lipinski definition) is 0.